The summed E-state index contributed by atoms with van der Waals surface area (Å²) in [6.45, 7) is 3.60. The standard InChI is InChI=1S/C10H10BrO2S/c1-9(7-11)8-14(12,13)10-5-3-2-4-6-10/h2-6,8H,1,7H2/q-1. The van der Waals surface area contributed by atoms with E-state index in [0.717, 1.165) is 0 Å². The van der Waals surface area contributed by atoms with Gasteiger partial charge in [-0.25, -0.2) is 15.0 Å². The Kier molecular flexibility index (Phi) is 3.77. The summed E-state index contributed by atoms with van der Waals surface area (Å²) in [5, 5.41) is 0.457. The van der Waals surface area contributed by atoms with Crippen LogP contribution in [0, 0.1) is 5.75 Å². The van der Waals surface area contributed by atoms with Crippen molar-refractivity contribution in [3.05, 3.63) is 48.2 Å². The fourth-order valence-electron chi connectivity index (χ4n) is 0.929. The number of alkyl halides is 1. The molecule has 0 spiro atoms. The van der Waals surface area contributed by atoms with Crippen LogP contribution in [0.25, 0.3) is 0 Å². The van der Waals surface area contributed by atoms with Gasteiger partial charge >= 0.3 is 0 Å². The molecule has 0 saturated carbocycles. The number of rotatable bonds is 4. The number of halogens is 1. The van der Waals surface area contributed by atoms with Crippen LogP contribution in [-0.2, 0) is 9.84 Å². The number of hydrogen-bond donors (Lipinski definition) is 0. The third-order valence-electron chi connectivity index (χ3n) is 1.57. The fourth-order valence-corrected chi connectivity index (χ4v) is 2.50. The SMILES string of the molecule is C=C([CH-]S(=O)(=O)c1ccccc1)CBr. The van der Waals surface area contributed by atoms with Gasteiger partial charge in [-0.2, -0.15) is 5.57 Å². The molecule has 0 aromatic heterocycles. The van der Waals surface area contributed by atoms with E-state index in [2.05, 4.69) is 22.5 Å². The first-order chi connectivity index (χ1) is 6.56. The highest BCUT2D eigenvalue weighted by atomic mass is 79.9. The first-order valence-electron chi connectivity index (χ1n) is 3.95. The van der Waals surface area contributed by atoms with Gasteiger partial charge in [0.05, 0.1) is 4.90 Å². The first-order valence-corrected chi connectivity index (χ1v) is 6.61. The van der Waals surface area contributed by atoms with Gasteiger partial charge in [-0.3, -0.25) is 0 Å². The molecule has 0 fully saturated rings. The van der Waals surface area contributed by atoms with Gasteiger partial charge < -0.3 is 0 Å². The Morgan fingerprint density at radius 1 is 1.36 bits per heavy atom. The van der Waals surface area contributed by atoms with E-state index in [0.29, 0.717) is 15.8 Å². The molecule has 76 valence electrons. The van der Waals surface area contributed by atoms with Crippen molar-refractivity contribution >= 4 is 25.8 Å². The zero-order chi connectivity index (χ0) is 10.6. The van der Waals surface area contributed by atoms with Gasteiger partial charge in [0.15, 0.2) is 0 Å². The summed E-state index contributed by atoms with van der Waals surface area (Å²) in [5.41, 5.74) is 0.536. The minimum Gasteiger partial charge on any atom is -0.240 e. The highest BCUT2D eigenvalue weighted by molar-refractivity contribution is 9.09. The molecule has 0 bridgehead atoms. The molecule has 1 rings (SSSR count). The summed E-state index contributed by atoms with van der Waals surface area (Å²) in [4.78, 5) is 0.294. The lowest BCUT2D eigenvalue weighted by Crippen LogP contribution is -2.03. The third kappa shape index (κ3) is 2.89. The molecule has 4 heteroatoms. The molecule has 0 amide bonds. The lowest BCUT2D eigenvalue weighted by molar-refractivity contribution is 0.602. The largest absolute Gasteiger partial charge is 0.240 e. The molecular formula is C10H10BrO2S-. The summed E-state index contributed by atoms with van der Waals surface area (Å²) in [7, 11) is -3.33. The Hall–Kier alpha value is -0.740. The summed E-state index contributed by atoms with van der Waals surface area (Å²) in [6, 6.07) is 8.29. The average molecular weight is 274 g/mol. The predicted octanol–water partition coefficient (Wildman–Crippen LogP) is 2.57. The van der Waals surface area contributed by atoms with E-state index in [1.807, 2.05) is 0 Å². The summed E-state index contributed by atoms with van der Waals surface area (Å²) in [6.07, 6.45) is 0. The molecule has 14 heavy (non-hydrogen) atoms. The number of sulfone groups is 1. The van der Waals surface area contributed by atoms with Crippen molar-refractivity contribution in [2.24, 2.45) is 0 Å². The van der Waals surface area contributed by atoms with Crippen LogP contribution in [0.1, 0.15) is 0 Å². The minimum absolute atomic E-state index is 0.294. The Labute approximate surface area is 92.7 Å². The maximum absolute atomic E-state index is 11.7. The topological polar surface area (TPSA) is 34.1 Å². The molecule has 0 aliphatic heterocycles. The van der Waals surface area contributed by atoms with Crippen LogP contribution in [0.15, 0.2) is 47.4 Å². The van der Waals surface area contributed by atoms with Crippen molar-refractivity contribution in [2.75, 3.05) is 5.33 Å². The van der Waals surface area contributed by atoms with Crippen LogP contribution in [0.4, 0.5) is 0 Å². The van der Waals surface area contributed by atoms with Crippen molar-refractivity contribution in [2.45, 2.75) is 4.90 Å². The molecule has 1 aromatic carbocycles. The van der Waals surface area contributed by atoms with Crippen LogP contribution in [0.2, 0.25) is 0 Å². The second-order valence-electron chi connectivity index (χ2n) is 2.77. The summed E-state index contributed by atoms with van der Waals surface area (Å²) >= 11 is 3.14. The van der Waals surface area contributed by atoms with Gasteiger partial charge in [-0.05, 0) is 17.5 Å². The van der Waals surface area contributed by atoms with Gasteiger partial charge in [0, 0.05) is 0 Å². The third-order valence-corrected chi connectivity index (χ3v) is 3.86. The molecular weight excluding hydrogens is 264 g/mol. The lowest BCUT2D eigenvalue weighted by atomic mass is 10.4. The van der Waals surface area contributed by atoms with E-state index in [1.165, 1.54) is 5.75 Å². The molecule has 0 heterocycles. The Bertz CT molecular complexity index is 409. The molecule has 0 saturated heterocycles. The van der Waals surface area contributed by atoms with Gasteiger partial charge in [-0.1, -0.05) is 34.1 Å². The summed E-state index contributed by atoms with van der Waals surface area (Å²) < 4.78 is 23.3. The predicted molar refractivity (Wildman–Crippen MR) is 60.9 cm³/mol. The molecule has 0 unspecified atom stereocenters. The van der Waals surface area contributed by atoms with Gasteiger partial charge in [0.2, 0.25) is 0 Å². The van der Waals surface area contributed by atoms with E-state index in [9.17, 15) is 8.42 Å². The van der Waals surface area contributed by atoms with Crippen molar-refractivity contribution < 1.29 is 8.42 Å². The first kappa shape index (κ1) is 11.3. The van der Waals surface area contributed by atoms with Gasteiger partial charge in [0.25, 0.3) is 0 Å². The quantitative estimate of drug-likeness (QED) is 0.624. The highest BCUT2D eigenvalue weighted by Gasteiger charge is 2.07. The summed E-state index contributed by atoms with van der Waals surface area (Å²) in [5.74, 6) is 1.18. The fraction of sp³-hybridized carbons (Fsp3) is 0.100. The number of hydrogen-bond acceptors (Lipinski definition) is 2. The maximum Gasteiger partial charge on any atom is 0.133 e. The van der Waals surface area contributed by atoms with Crippen LogP contribution >= 0.6 is 15.9 Å². The Morgan fingerprint density at radius 2 is 1.93 bits per heavy atom. The normalized spacial score (nSPS) is 10.9. The molecule has 0 atom stereocenters. The van der Waals surface area contributed by atoms with Gasteiger partial charge in [0.1, 0.15) is 9.84 Å². The van der Waals surface area contributed by atoms with E-state index in [4.69, 9.17) is 0 Å². The van der Waals surface area contributed by atoms with Crippen LogP contribution in [-0.4, -0.2) is 13.7 Å². The molecule has 1 aromatic rings. The monoisotopic (exact) mass is 273 g/mol. The zero-order valence-corrected chi connectivity index (χ0v) is 9.88. The second kappa shape index (κ2) is 4.66. The van der Waals surface area contributed by atoms with Crippen molar-refractivity contribution in [1.82, 2.24) is 0 Å². The minimum atomic E-state index is -3.33. The van der Waals surface area contributed by atoms with Crippen molar-refractivity contribution in [3.63, 3.8) is 0 Å². The van der Waals surface area contributed by atoms with Crippen molar-refractivity contribution in [1.29, 1.82) is 0 Å². The van der Waals surface area contributed by atoms with E-state index in [-0.39, 0.29) is 0 Å². The highest BCUT2D eigenvalue weighted by Crippen LogP contribution is 2.17. The Balaban J connectivity index is 2.93. The lowest BCUT2D eigenvalue weighted by Gasteiger charge is -2.11. The molecule has 0 aliphatic rings. The Morgan fingerprint density at radius 3 is 2.43 bits per heavy atom. The van der Waals surface area contributed by atoms with Crippen LogP contribution in [0.5, 0.6) is 0 Å². The molecule has 0 radical (unpaired) electrons. The number of benzene rings is 1. The average Bonchev–Trinajstić information content (AvgIpc) is 2.18. The molecule has 0 N–H and O–H groups in total. The van der Waals surface area contributed by atoms with Crippen molar-refractivity contribution in [3.8, 4) is 0 Å². The smallest absolute Gasteiger partial charge is 0.133 e. The van der Waals surface area contributed by atoms with E-state index >= 15 is 0 Å². The molecule has 2 nitrogen and oxygen atoms in total. The van der Waals surface area contributed by atoms with E-state index < -0.39 is 9.84 Å². The molecule has 0 aliphatic carbocycles. The van der Waals surface area contributed by atoms with E-state index in [1.54, 1.807) is 30.3 Å². The van der Waals surface area contributed by atoms with Crippen LogP contribution < -0.4 is 0 Å². The second-order valence-corrected chi connectivity index (χ2v) is 5.13. The zero-order valence-electron chi connectivity index (χ0n) is 7.48. The van der Waals surface area contributed by atoms with Gasteiger partial charge in [-0.15, -0.1) is 5.75 Å². The maximum atomic E-state index is 11.7. The van der Waals surface area contributed by atoms with Crippen LogP contribution in [0.3, 0.4) is 0 Å².